The van der Waals surface area contributed by atoms with E-state index in [1.54, 1.807) is 0 Å². The maximum Gasteiger partial charge on any atom is 0.0469 e. The minimum absolute atomic E-state index is 0.356. The van der Waals surface area contributed by atoms with Crippen LogP contribution >= 0.6 is 0 Å². The standard InChI is InChI=1S/C11H22N2O/c1-8-2-3-10(12)11(13-8)9-4-6-14-7-5-9/h8-11,13H,2-7,12H2,1H3. The second-order valence-electron chi connectivity index (χ2n) is 4.78. The summed E-state index contributed by atoms with van der Waals surface area (Å²) in [7, 11) is 0. The van der Waals surface area contributed by atoms with Gasteiger partial charge in [0.1, 0.15) is 0 Å². The maximum atomic E-state index is 6.17. The molecule has 0 radical (unpaired) electrons. The zero-order valence-corrected chi connectivity index (χ0v) is 9.04. The topological polar surface area (TPSA) is 47.3 Å². The highest BCUT2D eigenvalue weighted by molar-refractivity contribution is 4.92. The smallest absolute Gasteiger partial charge is 0.0469 e. The van der Waals surface area contributed by atoms with Gasteiger partial charge in [0.2, 0.25) is 0 Å². The molecule has 3 nitrogen and oxygen atoms in total. The Morgan fingerprint density at radius 3 is 2.57 bits per heavy atom. The Labute approximate surface area is 86.4 Å². The molecule has 0 aliphatic carbocycles. The number of ether oxygens (including phenoxy) is 1. The minimum Gasteiger partial charge on any atom is -0.381 e. The molecule has 2 aliphatic rings. The average molecular weight is 198 g/mol. The first-order valence-electron chi connectivity index (χ1n) is 5.87. The zero-order valence-electron chi connectivity index (χ0n) is 9.04. The molecule has 0 bridgehead atoms. The van der Waals surface area contributed by atoms with Crippen LogP contribution in [-0.2, 0) is 4.74 Å². The van der Waals surface area contributed by atoms with Gasteiger partial charge in [0.15, 0.2) is 0 Å². The SMILES string of the molecule is CC1CCC(N)C(C2CCOCC2)N1. The van der Waals surface area contributed by atoms with Crippen LogP contribution in [0.4, 0.5) is 0 Å². The third-order valence-electron chi connectivity index (χ3n) is 3.65. The van der Waals surface area contributed by atoms with Crippen molar-refractivity contribution in [3.05, 3.63) is 0 Å². The summed E-state index contributed by atoms with van der Waals surface area (Å²) < 4.78 is 5.38. The van der Waals surface area contributed by atoms with Gasteiger partial charge in [0.05, 0.1) is 0 Å². The van der Waals surface area contributed by atoms with E-state index >= 15 is 0 Å². The van der Waals surface area contributed by atoms with Crippen molar-refractivity contribution >= 4 is 0 Å². The number of rotatable bonds is 1. The fourth-order valence-electron chi connectivity index (χ4n) is 2.72. The third kappa shape index (κ3) is 2.27. The molecule has 0 spiro atoms. The molecule has 2 heterocycles. The van der Waals surface area contributed by atoms with Gasteiger partial charge in [-0.3, -0.25) is 0 Å². The Kier molecular flexibility index (Phi) is 3.42. The second kappa shape index (κ2) is 4.60. The monoisotopic (exact) mass is 198 g/mol. The number of hydrogen-bond donors (Lipinski definition) is 2. The Hall–Kier alpha value is -0.120. The molecule has 0 saturated carbocycles. The van der Waals surface area contributed by atoms with Crippen LogP contribution in [0.25, 0.3) is 0 Å². The predicted molar refractivity (Wildman–Crippen MR) is 57.1 cm³/mol. The maximum absolute atomic E-state index is 6.17. The molecular weight excluding hydrogens is 176 g/mol. The van der Waals surface area contributed by atoms with Gasteiger partial charge in [-0.25, -0.2) is 0 Å². The van der Waals surface area contributed by atoms with Crippen molar-refractivity contribution in [3.8, 4) is 0 Å². The van der Waals surface area contributed by atoms with Crippen molar-refractivity contribution in [2.45, 2.75) is 50.7 Å². The molecule has 0 aromatic carbocycles. The van der Waals surface area contributed by atoms with Crippen LogP contribution in [0.1, 0.15) is 32.6 Å². The van der Waals surface area contributed by atoms with E-state index < -0.39 is 0 Å². The van der Waals surface area contributed by atoms with Crippen molar-refractivity contribution in [3.63, 3.8) is 0 Å². The first-order chi connectivity index (χ1) is 6.77. The summed E-state index contributed by atoms with van der Waals surface area (Å²) in [6, 6.07) is 1.53. The third-order valence-corrected chi connectivity index (χ3v) is 3.65. The largest absolute Gasteiger partial charge is 0.381 e. The van der Waals surface area contributed by atoms with Crippen LogP contribution in [0, 0.1) is 5.92 Å². The zero-order chi connectivity index (χ0) is 9.97. The van der Waals surface area contributed by atoms with Crippen LogP contribution in [0.5, 0.6) is 0 Å². The van der Waals surface area contributed by atoms with Gasteiger partial charge >= 0.3 is 0 Å². The molecular formula is C11H22N2O. The highest BCUT2D eigenvalue weighted by Crippen LogP contribution is 2.25. The van der Waals surface area contributed by atoms with Crippen LogP contribution in [0.3, 0.4) is 0 Å². The van der Waals surface area contributed by atoms with E-state index in [1.165, 1.54) is 25.7 Å². The summed E-state index contributed by atoms with van der Waals surface area (Å²) in [4.78, 5) is 0. The highest BCUT2D eigenvalue weighted by Gasteiger charge is 2.32. The number of piperidine rings is 1. The number of nitrogens with one attached hydrogen (secondary N) is 1. The Morgan fingerprint density at radius 1 is 1.14 bits per heavy atom. The molecule has 2 fully saturated rings. The number of nitrogens with two attached hydrogens (primary N) is 1. The van der Waals surface area contributed by atoms with Gasteiger partial charge in [-0.05, 0) is 38.5 Å². The van der Waals surface area contributed by atoms with E-state index in [1.807, 2.05) is 0 Å². The summed E-state index contributed by atoms with van der Waals surface area (Å²) in [6.45, 7) is 4.10. The molecule has 0 amide bonds. The summed E-state index contributed by atoms with van der Waals surface area (Å²) in [5, 5.41) is 3.66. The Balaban J connectivity index is 1.92. The van der Waals surface area contributed by atoms with E-state index in [4.69, 9.17) is 10.5 Å². The molecule has 3 atom stereocenters. The summed E-state index contributed by atoms with van der Waals surface area (Å²) in [6.07, 6.45) is 4.76. The van der Waals surface area contributed by atoms with Gasteiger partial charge in [-0.1, -0.05) is 0 Å². The van der Waals surface area contributed by atoms with Crippen LogP contribution in [0.15, 0.2) is 0 Å². The second-order valence-corrected chi connectivity index (χ2v) is 4.78. The average Bonchev–Trinajstić information content (AvgIpc) is 2.23. The molecule has 0 aromatic rings. The molecule has 82 valence electrons. The van der Waals surface area contributed by atoms with E-state index in [9.17, 15) is 0 Å². The fourth-order valence-corrected chi connectivity index (χ4v) is 2.72. The van der Waals surface area contributed by atoms with E-state index in [2.05, 4.69) is 12.2 Å². The Morgan fingerprint density at radius 2 is 1.86 bits per heavy atom. The molecule has 3 heteroatoms. The van der Waals surface area contributed by atoms with Gasteiger partial charge in [0, 0.05) is 31.3 Å². The van der Waals surface area contributed by atoms with Gasteiger partial charge < -0.3 is 15.8 Å². The van der Waals surface area contributed by atoms with Gasteiger partial charge in [-0.2, -0.15) is 0 Å². The summed E-state index contributed by atoms with van der Waals surface area (Å²) in [5.41, 5.74) is 6.17. The molecule has 14 heavy (non-hydrogen) atoms. The normalized spacial score (nSPS) is 41.1. The molecule has 2 aliphatic heterocycles. The minimum atomic E-state index is 0.356. The lowest BCUT2D eigenvalue weighted by atomic mass is 9.82. The van der Waals surface area contributed by atoms with Crippen molar-refractivity contribution < 1.29 is 4.74 Å². The number of hydrogen-bond acceptors (Lipinski definition) is 3. The van der Waals surface area contributed by atoms with Crippen LogP contribution in [-0.4, -0.2) is 31.3 Å². The first-order valence-corrected chi connectivity index (χ1v) is 5.87. The summed E-state index contributed by atoms with van der Waals surface area (Å²) >= 11 is 0. The fraction of sp³-hybridized carbons (Fsp3) is 1.00. The Bertz CT molecular complexity index is 180. The van der Waals surface area contributed by atoms with Crippen molar-refractivity contribution in [2.24, 2.45) is 11.7 Å². The lowest BCUT2D eigenvalue weighted by Gasteiger charge is -2.40. The first kappa shape index (κ1) is 10.4. The molecule has 3 N–H and O–H groups in total. The van der Waals surface area contributed by atoms with Crippen molar-refractivity contribution in [1.82, 2.24) is 5.32 Å². The molecule has 0 aromatic heterocycles. The van der Waals surface area contributed by atoms with Gasteiger partial charge in [-0.15, -0.1) is 0 Å². The molecule has 2 rings (SSSR count). The lowest BCUT2D eigenvalue weighted by molar-refractivity contribution is 0.0435. The van der Waals surface area contributed by atoms with E-state index in [-0.39, 0.29) is 0 Å². The van der Waals surface area contributed by atoms with Crippen LogP contribution in [0.2, 0.25) is 0 Å². The van der Waals surface area contributed by atoms with Crippen LogP contribution < -0.4 is 11.1 Å². The molecule has 2 saturated heterocycles. The predicted octanol–water partition coefficient (Wildman–Crippen LogP) is 0.881. The van der Waals surface area contributed by atoms with Crippen molar-refractivity contribution in [1.29, 1.82) is 0 Å². The van der Waals surface area contributed by atoms with E-state index in [0.29, 0.717) is 18.1 Å². The highest BCUT2D eigenvalue weighted by atomic mass is 16.5. The summed E-state index contributed by atoms with van der Waals surface area (Å²) in [5.74, 6) is 0.737. The van der Waals surface area contributed by atoms with E-state index in [0.717, 1.165) is 19.1 Å². The lowest BCUT2D eigenvalue weighted by Crippen LogP contribution is -2.57. The molecule has 3 unspecified atom stereocenters. The van der Waals surface area contributed by atoms with Gasteiger partial charge in [0.25, 0.3) is 0 Å². The van der Waals surface area contributed by atoms with Crippen molar-refractivity contribution in [2.75, 3.05) is 13.2 Å². The quantitative estimate of drug-likeness (QED) is 0.657.